The first-order valence-corrected chi connectivity index (χ1v) is 22.2. The van der Waals surface area contributed by atoms with Crippen LogP contribution in [0.3, 0.4) is 0 Å². The van der Waals surface area contributed by atoms with Crippen molar-refractivity contribution in [2.24, 2.45) is 0 Å². The van der Waals surface area contributed by atoms with E-state index in [9.17, 15) is 30.3 Å². The largest absolute Gasteiger partial charge is 0.394 e. The van der Waals surface area contributed by atoms with Gasteiger partial charge in [0.25, 0.3) is 0 Å². The van der Waals surface area contributed by atoms with E-state index in [2.05, 4.69) is 43.5 Å². The summed E-state index contributed by atoms with van der Waals surface area (Å²) in [7, 11) is 0. The van der Waals surface area contributed by atoms with Gasteiger partial charge in [-0.25, -0.2) is 0 Å². The van der Waals surface area contributed by atoms with E-state index in [1.165, 1.54) is 116 Å². The number of unbranched alkanes of at least 4 members (excludes halogenated alkanes) is 22. The number of hydrogen-bond donors (Lipinski definition) is 6. The smallest absolute Gasteiger partial charge is 0.220 e. The average Bonchev–Trinajstić information content (AvgIpc) is 3.17. The Labute approximate surface area is 330 Å². The minimum Gasteiger partial charge on any atom is -0.394 e. The van der Waals surface area contributed by atoms with Gasteiger partial charge < -0.3 is 40.3 Å². The fraction of sp³-hybridized carbons (Fsp3) is 0.844. The molecule has 7 unspecified atom stereocenters. The Morgan fingerprint density at radius 3 is 1.56 bits per heavy atom. The maximum Gasteiger partial charge on any atom is 0.220 e. The van der Waals surface area contributed by atoms with Crippen molar-refractivity contribution >= 4 is 5.91 Å². The van der Waals surface area contributed by atoms with Gasteiger partial charge in [-0.3, -0.25) is 4.79 Å². The van der Waals surface area contributed by atoms with Gasteiger partial charge in [-0.15, -0.1) is 0 Å². The van der Waals surface area contributed by atoms with Crippen LogP contribution in [0.15, 0.2) is 36.5 Å². The van der Waals surface area contributed by atoms with Crippen LogP contribution >= 0.6 is 0 Å². The Hall–Kier alpha value is -1.59. The molecule has 0 aromatic rings. The molecule has 1 rings (SSSR count). The monoisotopic (exact) mass is 766 g/mol. The molecular weight excluding hydrogens is 682 g/mol. The second-order valence-corrected chi connectivity index (χ2v) is 15.5. The van der Waals surface area contributed by atoms with Crippen molar-refractivity contribution in [3.63, 3.8) is 0 Å². The van der Waals surface area contributed by atoms with E-state index in [4.69, 9.17) is 9.47 Å². The molecule has 0 aromatic heterocycles. The summed E-state index contributed by atoms with van der Waals surface area (Å²) in [5.74, 6) is -0.193. The minimum absolute atomic E-state index is 0.193. The molecule has 1 amide bonds. The Balaban J connectivity index is 2.40. The molecule has 0 aromatic carbocycles. The number of amides is 1. The number of ether oxygens (including phenoxy) is 2. The molecule has 54 heavy (non-hydrogen) atoms. The third-order valence-corrected chi connectivity index (χ3v) is 10.4. The fourth-order valence-corrected chi connectivity index (χ4v) is 6.81. The van der Waals surface area contributed by atoms with Crippen LogP contribution in [0.5, 0.6) is 0 Å². The molecule has 1 heterocycles. The maximum absolute atomic E-state index is 12.9. The number of carbonyl (C=O) groups is 1. The fourth-order valence-electron chi connectivity index (χ4n) is 6.81. The second kappa shape index (κ2) is 35.8. The molecule has 0 aliphatic carbocycles. The molecule has 0 spiro atoms. The van der Waals surface area contributed by atoms with Crippen molar-refractivity contribution < 1.29 is 39.8 Å². The first kappa shape index (κ1) is 50.4. The van der Waals surface area contributed by atoms with Crippen LogP contribution < -0.4 is 5.32 Å². The summed E-state index contributed by atoms with van der Waals surface area (Å²) in [4.78, 5) is 12.9. The van der Waals surface area contributed by atoms with Gasteiger partial charge in [-0.1, -0.05) is 159 Å². The van der Waals surface area contributed by atoms with Crippen LogP contribution in [0.1, 0.15) is 187 Å². The quantitative estimate of drug-likeness (QED) is 0.0274. The van der Waals surface area contributed by atoms with Gasteiger partial charge in [0.15, 0.2) is 6.29 Å². The number of aliphatic hydroxyl groups excluding tert-OH is 5. The molecule has 9 heteroatoms. The predicted molar refractivity (Wildman–Crippen MR) is 221 cm³/mol. The third kappa shape index (κ3) is 26.3. The van der Waals surface area contributed by atoms with Crippen LogP contribution in [0, 0.1) is 0 Å². The summed E-state index contributed by atoms with van der Waals surface area (Å²) >= 11 is 0. The number of rotatable bonds is 36. The zero-order valence-electron chi connectivity index (χ0n) is 34.5. The lowest BCUT2D eigenvalue weighted by atomic mass is 9.99. The van der Waals surface area contributed by atoms with E-state index in [0.29, 0.717) is 6.42 Å². The van der Waals surface area contributed by atoms with Crippen LogP contribution in [-0.4, -0.2) is 87.5 Å². The van der Waals surface area contributed by atoms with Gasteiger partial charge in [-0.05, 0) is 57.8 Å². The van der Waals surface area contributed by atoms with Gasteiger partial charge in [-0.2, -0.15) is 0 Å². The molecule has 9 nitrogen and oxygen atoms in total. The molecule has 1 saturated heterocycles. The van der Waals surface area contributed by atoms with E-state index in [-0.39, 0.29) is 12.5 Å². The number of nitrogens with one attached hydrogen (secondary N) is 1. The minimum atomic E-state index is -1.57. The lowest BCUT2D eigenvalue weighted by Gasteiger charge is -2.40. The molecular formula is C45H83NO8. The third-order valence-electron chi connectivity index (χ3n) is 10.4. The zero-order chi connectivity index (χ0) is 39.5. The van der Waals surface area contributed by atoms with Gasteiger partial charge in [0, 0.05) is 6.42 Å². The van der Waals surface area contributed by atoms with Crippen LogP contribution in [0.4, 0.5) is 0 Å². The van der Waals surface area contributed by atoms with Gasteiger partial charge >= 0.3 is 0 Å². The van der Waals surface area contributed by atoms with Crippen molar-refractivity contribution in [1.82, 2.24) is 5.32 Å². The molecule has 7 atom stereocenters. The van der Waals surface area contributed by atoms with Crippen molar-refractivity contribution in [2.75, 3.05) is 13.2 Å². The molecule has 0 saturated carbocycles. The zero-order valence-corrected chi connectivity index (χ0v) is 34.5. The highest BCUT2D eigenvalue weighted by molar-refractivity contribution is 5.76. The number of allylic oxidation sites excluding steroid dienone is 5. The van der Waals surface area contributed by atoms with E-state index in [0.717, 1.165) is 51.4 Å². The number of hydrogen-bond acceptors (Lipinski definition) is 8. The summed E-state index contributed by atoms with van der Waals surface area (Å²) in [6.07, 6.45) is 36.1. The Kier molecular flexibility index (Phi) is 33.4. The van der Waals surface area contributed by atoms with E-state index in [1.807, 2.05) is 6.08 Å². The summed E-state index contributed by atoms with van der Waals surface area (Å²) in [6, 6.07) is -0.821. The Bertz CT molecular complexity index is 941. The second-order valence-electron chi connectivity index (χ2n) is 15.5. The van der Waals surface area contributed by atoms with Crippen LogP contribution in [0.2, 0.25) is 0 Å². The van der Waals surface area contributed by atoms with Crippen molar-refractivity contribution in [3.05, 3.63) is 36.5 Å². The Morgan fingerprint density at radius 1 is 0.611 bits per heavy atom. The van der Waals surface area contributed by atoms with E-state index in [1.54, 1.807) is 6.08 Å². The summed E-state index contributed by atoms with van der Waals surface area (Å²) in [6.45, 7) is 3.73. The summed E-state index contributed by atoms with van der Waals surface area (Å²) in [5, 5.41) is 54.1. The molecule has 0 bridgehead atoms. The predicted octanol–water partition coefficient (Wildman–Crippen LogP) is 8.89. The normalized spacial score (nSPS) is 21.8. The molecule has 1 aliphatic rings. The average molecular weight is 766 g/mol. The summed E-state index contributed by atoms with van der Waals surface area (Å²) < 4.78 is 11.2. The topological polar surface area (TPSA) is 149 Å². The van der Waals surface area contributed by atoms with Crippen molar-refractivity contribution in [1.29, 1.82) is 0 Å². The lowest BCUT2D eigenvalue weighted by Crippen LogP contribution is -2.60. The maximum atomic E-state index is 12.9. The first-order valence-electron chi connectivity index (χ1n) is 22.2. The van der Waals surface area contributed by atoms with Crippen molar-refractivity contribution in [2.45, 2.75) is 230 Å². The number of aliphatic hydroxyl groups is 5. The van der Waals surface area contributed by atoms with Gasteiger partial charge in [0.2, 0.25) is 5.91 Å². The SMILES string of the molecule is CCCCCCCC/C=C\CCCCCCCCCC(=O)NC(COC1OC(CO)C(O)C(O)C1O)C(O)/C=C/CC/C=C/CCCCCCCCCC. The van der Waals surface area contributed by atoms with Gasteiger partial charge in [0.05, 0.1) is 25.4 Å². The Morgan fingerprint density at radius 2 is 1.06 bits per heavy atom. The highest BCUT2D eigenvalue weighted by Gasteiger charge is 2.44. The molecule has 0 radical (unpaired) electrons. The molecule has 1 fully saturated rings. The van der Waals surface area contributed by atoms with E-state index < -0.39 is 49.5 Å². The first-order chi connectivity index (χ1) is 26.3. The summed E-state index contributed by atoms with van der Waals surface area (Å²) in [5.41, 5.74) is 0. The standard InChI is InChI=1S/C45H83NO8/c1-3-5-7-9-11-13-15-17-19-20-21-23-25-27-29-31-33-35-41(49)46-38(37-53-45-44(52)43(51)42(50)40(36-47)54-45)39(48)34-32-30-28-26-24-22-18-16-14-12-10-8-6-4-2/h17,19,24,26,32,34,38-40,42-45,47-48,50-52H,3-16,18,20-23,25,27-31,33,35-37H2,1-2H3,(H,46,49)/b19-17-,26-24+,34-32+. The lowest BCUT2D eigenvalue weighted by molar-refractivity contribution is -0.302. The van der Waals surface area contributed by atoms with E-state index >= 15 is 0 Å². The van der Waals surface area contributed by atoms with Gasteiger partial charge in [0.1, 0.15) is 24.4 Å². The highest BCUT2D eigenvalue weighted by atomic mass is 16.7. The molecule has 1 aliphatic heterocycles. The molecule has 316 valence electrons. The number of carbonyl (C=O) groups excluding carboxylic acids is 1. The van der Waals surface area contributed by atoms with Crippen LogP contribution in [-0.2, 0) is 14.3 Å². The van der Waals surface area contributed by atoms with Crippen LogP contribution in [0.25, 0.3) is 0 Å². The molecule has 6 N–H and O–H groups in total. The highest BCUT2D eigenvalue weighted by Crippen LogP contribution is 2.22. The van der Waals surface area contributed by atoms with Crippen molar-refractivity contribution in [3.8, 4) is 0 Å².